The number of anilines is 1. The summed E-state index contributed by atoms with van der Waals surface area (Å²) < 4.78 is 4.98. The highest BCUT2D eigenvalue weighted by atomic mass is 32.1. The molecule has 4 rings (SSSR count). The topological polar surface area (TPSA) is 80.3 Å². The first-order chi connectivity index (χ1) is 16.0. The van der Waals surface area contributed by atoms with Crippen molar-refractivity contribution in [2.45, 2.75) is 6.92 Å². The van der Waals surface area contributed by atoms with Crippen LogP contribution in [0.3, 0.4) is 0 Å². The van der Waals surface area contributed by atoms with E-state index in [-0.39, 0.29) is 11.0 Å². The van der Waals surface area contributed by atoms with Crippen molar-refractivity contribution in [3.05, 3.63) is 96.1 Å². The number of fused-ring (bicyclic) bond motifs is 1. The molecule has 0 aliphatic rings. The van der Waals surface area contributed by atoms with Crippen LogP contribution >= 0.6 is 12.2 Å². The van der Waals surface area contributed by atoms with Gasteiger partial charge in [0.05, 0.1) is 28.9 Å². The summed E-state index contributed by atoms with van der Waals surface area (Å²) in [4.78, 5) is 29.6. The number of hydrogen-bond donors (Lipinski definition) is 2. The van der Waals surface area contributed by atoms with Gasteiger partial charge in [-0.3, -0.25) is 10.1 Å². The molecule has 0 aliphatic heterocycles. The van der Waals surface area contributed by atoms with Crippen LogP contribution in [0.15, 0.2) is 84.9 Å². The lowest BCUT2D eigenvalue weighted by atomic mass is 10.0. The van der Waals surface area contributed by atoms with E-state index < -0.39 is 5.97 Å². The lowest BCUT2D eigenvalue weighted by molar-refractivity contribution is 0.0526. The fourth-order valence-electron chi connectivity index (χ4n) is 3.36. The minimum atomic E-state index is -0.390. The first kappa shape index (κ1) is 22.1. The van der Waals surface area contributed by atoms with Crippen molar-refractivity contribution >= 4 is 45.8 Å². The van der Waals surface area contributed by atoms with Crippen LogP contribution in [0, 0.1) is 0 Å². The van der Waals surface area contributed by atoms with Gasteiger partial charge >= 0.3 is 5.97 Å². The molecule has 0 aliphatic carbocycles. The Labute approximate surface area is 196 Å². The molecule has 0 saturated heterocycles. The number of rotatable bonds is 5. The highest BCUT2D eigenvalue weighted by Gasteiger charge is 2.15. The maximum Gasteiger partial charge on any atom is 0.338 e. The van der Waals surface area contributed by atoms with Gasteiger partial charge in [-0.2, -0.15) is 0 Å². The average molecular weight is 456 g/mol. The molecule has 0 atom stereocenters. The SMILES string of the molecule is CCOC(=O)c1ccc(NC(=S)NC(=O)c2cc(-c3ccccc3)nc3ccccc23)cc1. The maximum atomic E-state index is 13.1. The number of para-hydroxylation sites is 1. The zero-order valence-corrected chi connectivity index (χ0v) is 18.7. The Morgan fingerprint density at radius 2 is 1.64 bits per heavy atom. The van der Waals surface area contributed by atoms with Gasteiger partial charge in [0, 0.05) is 16.6 Å². The third kappa shape index (κ3) is 5.22. The Morgan fingerprint density at radius 1 is 0.939 bits per heavy atom. The molecule has 0 unspecified atom stereocenters. The molecule has 1 heterocycles. The van der Waals surface area contributed by atoms with Gasteiger partial charge in [-0.1, -0.05) is 48.5 Å². The zero-order valence-electron chi connectivity index (χ0n) is 17.9. The molecular formula is C26H21N3O3S. The van der Waals surface area contributed by atoms with Crippen molar-refractivity contribution in [3.63, 3.8) is 0 Å². The van der Waals surface area contributed by atoms with Crippen molar-refractivity contribution in [1.82, 2.24) is 10.3 Å². The largest absolute Gasteiger partial charge is 0.462 e. The highest BCUT2D eigenvalue weighted by molar-refractivity contribution is 7.80. The van der Waals surface area contributed by atoms with E-state index in [1.807, 2.05) is 54.6 Å². The van der Waals surface area contributed by atoms with Crippen LogP contribution in [0.5, 0.6) is 0 Å². The highest BCUT2D eigenvalue weighted by Crippen LogP contribution is 2.24. The summed E-state index contributed by atoms with van der Waals surface area (Å²) in [5.41, 5.74) is 3.89. The van der Waals surface area contributed by atoms with Crippen LogP contribution in [0.2, 0.25) is 0 Å². The second kappa shape index (κ2) is 10.0. The molecule has 4 aromatic rings. The summed E-state index contributed by atoms with van der Waals surface area (Å²) in [5, 5.41) is 6.58. The summed E-state index contributed by atoms with van der Waals surface area (Å²) in [7, 11) is 0. The minimum Gasteiger partial charge on any atom is -0.462 e. The molecule has 0 bridgehead atoms. The molecule has 6 nitrogen and oxygen atoms in total. The molecule has 1 aromatic heterocycles. The second-order valence-electron chi connectivity index (χ2n) is 7.14. The Morgan fingerprint density at radius 3 is 2.36 bits per heavy atom. The maximum absolute atomic E-state index is 13.1. The summed E-state index contributed by atoms with van der Waals surface area (Å²) in [6.45, 7) is 2.06. The average Bonchev–Trinajstić information content (AvgIpc) is 2.84. The fourth-order valence-corrected chi connectivity index (χ4v) is 3.57. The number of pyridine rings is 1. The van der Waals surface area contributed by atoms with E-state index in [1.165, 1.54) is 0 Å². The van der Waals surface area contributed by atoms with Gasteiger partial charge in [0.15, 0.2) is 5.11 Å². The summed E-state index contributed by atoms with van der Waals surface area (Å²) in [6.07, 6.45) is 0. The van der Waals surface area contributed by atoms with E-state index >= 15 is 0 Å². The summed E-state index contributed by atoms with van der Waals surface area (Å²) in [6, 6.07) is 25.6. The zero-order chi connectivity index (χ0) is 23.2. The van der Waals surface area contributed by atoms with Crippen LogP contribution in [0.4, 0.5) is 5.69 Å². The molecule has 0 saturated carbocycles. The lowest BCUT2D eigenvalue weighted by Gasteiger charge is -2.13. The van der Waals surface area contributed by atoms with Gasteiger partial charge in [-0.15, -0.1) is 0 Å². The van der Waals surface area contributed by atoms with Gasteiger partial charge in [0.1, 0.15) is 0 Å². The Hall–Kier alpha value is -4.10. The minimum absolute atomic E-state index is 0.144. The normalized spacial score (nSPS) is 10.5. The van der Waals surface area contributed by atoms with E-state index in [0.717, 1.165) is 16.5 Å². The molecule has 0 fully saturated rings. The molecule has 1 amide bonds. The van der Waals surface area contributed by atoms with Gasteiger partial charge in [0.25, 0.3) is 5.91 Å². The Kier molecular flexibility index (Phi) is 6.71. The van der Waals surface area contributed by atoms with E-state index in [1.54, 1.807) is 37.3 Å². The summed E-state index contributed by atoms with van der Waals surface area (Å²) >= 11 is 5.34. The number of carbonyl (C=O) groups is 2. The van der Waals surface area contributed by atoms with Crippen LogP contribution in [-0.4, -0.2) is 28.6 Å². The van der Waals surface area contributed by atoms with Crippen molar-refractivity contribution < 1.29 is 14.3 Å². The Bertz CT molecular complexity index is 1320. The quantitative estimate of drug-likeness (QED) is 0.318. The number of hydrogen-bond acceptors (Lipinski definition) is 5. The molecular weight excluding hydrogens is 434 g/mol. The van der Waals surface area contributed by atoms with Gasteiger partial charge in [-0.05, 0) is 55.5 Å². The number of nitrogens with zero attached hydrogens (tertiary/aromatic N) is 1. The van der Waals surface area contributed by atoms with Crippen molar-refractivity contribution in [3.8, 4) is 11.3 Å². The first-order valence-corrected chi connectivity index (χ1v) is 10.8. The summed E-state index contributed by atoms with van der Waals surface area (Å²) in [5.74, 6) is -0.731. The third-order valence-electron chi connectivity index (χ3n) is 4.91. The molecule has 0 spiro atoms. The second-order valence-corrected chi connectivity index (χ2v) is 7.55. The standard InChI is InChI=1S/C26H21N3O3S/c1-2-32-25(31)18-12-14-19(15-13-18)27-26(33)29-24(30)21-16-23(17-8-4-3-5-9-17)28-22-11-7-6-10-20(21)22/h3-16H,2H2,1H3,(H2,27,29,30,33). The predicted molar refractivity (Wildman–Crippen MR) is 133 cm³/mol. The van der Waals surface area contributed by atoms with Gasteiger partial charge in [0.2, 0.25) is 0 Å². The number of esters is 1. The molecule has 0 radical (unpaired) electrons. The van der Waals surface area contributed by atoms with Crippen LogP contribution in [0.1, 0.15) is 27.6 Å². The van der Waals surface area contributed by atoms with E-state index in [0.29, 0.717) is 29.1 Å². The van der Waals surface area contributed by atoms with Gasteiger partial charge < -0.3 is 10.1 Å². The van der Waals surface area contributed by atoms with E-state index in [9.17, 15) is 9.59 Å². The molecule has 3 aromatic carbocycles. The van der Waals surface area contributed by atoms with E-state index in [2.05, 4.69) is 10.6 Å². The molecule has 164 valence electrons. The smallest absolute Gasteiger partial charge is 0.338 e. The first-order valence-electron chi connectivity index (χ1n) is 10.4. The van der Waals surface area contributed by atoms with Crippen LogP contribution in [0.25, 0.3) is 22.2 Å². The van der Waals surface area contributed by atoms with Crippen LogP contribution < -0.4 is 10.6 Å². The van der Waals surface area contributed by atoms with Crippen molar-refractivity contribution in [2.75, 3.05) is 11.9 Å². The fraction of sp³-hybridized carbons (Fsp3) is 0.0769. The third-order valence-corrected chi connectivity index (χ3v) is 5.12. The van der Waals surface area contributed by atoms with Crippen LogP contribution in [-0.2, 0) is 4.74 Å². The van der Waals surface area contributed by atoms with Crippen molar-refractivity contribution in [2.24, 2.45) is 0 Å². The number of thiocarbonyl (C=S) groups is 1. The Balaban J connectivity index is 1.54. The monoisotopic (exact) mass is 455 g/mol. The molecule has 33 heavy (non-hydrogen) atoms. The lowest BCUT2D eigenvalue weighted by Crippen LogP contribution is -2.34. The molecule has 2 N–H and O–H groups in total. The number of carbonyl (C=O) groups excluding carboxylic acids is 2. The number of ether oxygens (including phenoxy) is 1. The molecule has 7 heteroatoms. The number of benzene rings is 3. The van der Waals surface area contributed by atoms with E-state index in [4.69, 9.17) is 21.9 Å². The number of aromatic nitrogens is 1. The number of amides is 1. The van der Waals surface area contributed by atoms with Crippen molar-refractivity contribution in [1.29, 1.82) is 0 Å². The predicted octanol–water partition coefficient (Wildman–Crippen LogP) is 5.21. The van der Waals surface area contributed by atoms with Gasteiger partial charge in [-0.25, -0.2) is 9.78 Å². The number of nitrogens with one attached hydrogen (secondary N) is 2.